The van der Waals surface area contributed by atoms with E-state index in [0.717, 1.165) is 5.69 Å². The van der Waals surface area contributed by atoms with Crippen LogP contribution in [0.3, 0.4) is 0 Å². The van der Waals surface area contributed by atoms with E-state index in [1.807, 2.05) is 12.1 Å². The van der Waals surface area contributed by atoms with Gasteiger partial charge in [0.2, 0.25) is 0 Å². The van der Waals surface area contributed by atoms with Gasteiger partial charge in [0, 0.05) is 23.1 Å². The monoisotopic (exact) mass is 298 g/mol. The molecule has 2 aromatic carbocycles. The predicted octanol–water partition coefficient (Wildman–Crippen LogP) is -1.04. The maximum absolute atomic E-state index is 10.6. The van der Waals surface area contributed by atoms with Crippen molar-refractivity contribution in [3.8, 4) is 0 Å². The number of benzene rings is 2. The Balaban J connectivity index is 0.00000200. The van der Waals surface area contributed by atoms with Crippen molar-refractivity contribution in [2.24, 2.45) is 0 Å². The first-order chi connectivity index (χ1) is 9.06. The van der Waals surface area contributed by atoms with E-state index in [-0.39, 0.29) is 36.0 Å². The van der Waals surface area contributed by atoms with Crippen LogP contribution in [0.1, 0.15) is 5.56 Å². The Morgan fingerprint density at radius 2 is 1.85 bits per heavy atom. The molecule has 0 atom stereocenters. The number of hydrogen-bond acceptors (Lipinski definition) is 4. The summed E-state index contributed by atoms with van der Waals surface area (Å²) in [7, 11) is 0. The summed E-state index contributed by atoms with van der Waals surface area (Å²) in [5, 5.41) is 14.4. The molecule has 6 heteroatoms. The first kappa shape index (κ1) is 16.9. The summed E-state index contributed by atoms with van der Waals surface area (Å²) in [6.45, 7) is 0. The summed E-state index contributed by atoms with van der Waals surface area (Å²) < 4.78 is 0. The minimum absolute atomic E-state index is 0. The molecule has 2 rings (SSSR count). The van der Waals surface area contributed by atoms with Crippen molar-refractivity contribution in [1.82, 2.24) is 0 Å². The summed E-state index contributed by atoms with van der Waals surface area (Å²) in [5.74, 6) is -1.16. The molecule has 0 aromatic heterocycles. The van der Waals surface area contributed by atoms with Gasteiger partial charge in [-0.05, 0) is 35.9 Å². The van der Waals surface area contributed by atoms with Crippen LogP contribution in [0, 0.1) is 0 Å². The Morgan fingerprint density at radius 3 is 2.45 bits per heavy atom. The van der Waals surface area contributed by atoms with Crippen molar-refractivity contribution < 1.29 is 39.5 Å². The second kappa shape index (κ2) is 7.55. The van der Waals surface area contributed by atoms with E-state index < -0.39 is 5.97 Å². The number of carboxylic acids is 1. The van der Waals surface area contributed by atoms with Crippen molar-refractivity contribution in [2.75, 3.05) is 11.1 Å². The molecule has 0 spiro atoms. The van der Waals surface area contributed by atoms with Crippen molar-refractivity contribution in [2.45, 2.75) is 6.42 Å². The zero-order chi connectivity index (χ0) is 13.8. The van der Waals surface area contributed by atoms with E-state index in [4.69, 9.17) is 17.3 Å². The summed E-state index contributed by atoms with van der Waals surface area (Å²) in [6, 6.07) is 12.3. The van der Waals surface area contributed by atoms with Gasteiger partial charge in [0.1, 0.15) is 0 Å². The van der Waals surface area contributed by atoms with E-state index in [1.54, 1.807) is 30.3 Å². The van der Waals surface area contributed by atoms with Crippen molar-refractivity contribution in [3.63, 3.8) is 0 Å². The standard InChI is InChI=1S/C14H13ClN2O2.Na/c15-10-4-6-11(7-5-10)17-12-3-1-2-9(14(12)16)8-13(18)19;/h1-7,17H,8,16H2,(H,18,19);/q;+1/p-1. The van der Waals surface area contributed by atoms with E-state index in [2.05, 4.69) is 5.32 Å². The van der Waals surface area contributed by atoms with Crippen LogP contribution < -0.4 is 45.7 Å². The van der Waals surface area contributed by atoms with E-state index in [1.165, 1.54) is 0 Å². The fourth-order valence-electron chi connectivity index (χ4n) is 1.72. The molecule has 0 heterocycles. The zero-order valence-electron chi connectivity index (χ0n) is 11.0. The van der Waals surface area contributed by atoms with Gasteiger partial charge in [0.25, 0.3) is 0 Å². The van der Waals surface area contributed by atoms with Gasteiger partial charge < -0.3 is 21.0 Å². The summed E-state index contributed by atoms with van der Waals surface area (Å²) in [6.07, 6.45) is -0.206. The SMILES string of the molecule is Nc1c(CC(=O)[O-])cccc1Nc1ccc(Cl)cc1.[Na+]. The predicted molar refractivity (Wildman–Crippen MR) is 74.3 cm³/mol. The number of nitrogens with one attached hydrogen (secondary N) is 1. The molecular weight excluding hydrogens is 287 g/mol. The number of rotatable bonds is 4. The topological polar surface area (TPSA) is 78.2 Å². The molecule has 0 saturated heterocycles. The number of carbonyl (C=O) groups is 1. The number of nitrogen functional groups attached to an aromatic ring is 1. The number of carboxylic acid groups (broad SMARTS) is 1. The molecule has 2 aromatic rings. The van der Waals surface area contributed by atoms with Gasteiger partial charge in [-0.25, -0.2) is 0 Å². The van der Waals surface area contributed by atoms with Gasteiger partial charge in [0.05, 0.1) is 11.4 Å². The normalized spacial score (nSPS) is 9.65. The molecule has 0 unspecified atom stereocenters. The van der Waals surface area contributed by atoms with Crippen LogP contribution in [-0.2, 0) is 11.2 Å². The first-order valence-electron chi connectivity index (χ1n) is 5.66. The fraction of sp³-hybridized carbons (Fsp3) is 0.0714. The average Bonchev–Trinajstić information content (AvgIpc) is 2.36. The quantitative estimate of drug-likeness (QED) is 0.558. The molecule has 0 fully saturated rings. The number of hydrogen-bond donors (Lipinski definition) is 2. The second-order valence-corrected chi connectivity index (χ2v) is 4.50. The first-order valence-corrected chi connectivity index (χ1v) is 6.04. The smallest absolute Gasteiger partial charge is 0.550 e. The number of carbonyl (C=O) groups excluding carboxylic acids is 1. The van der Waals surface area contributed by atoms with Crippen LogP contribution in [0.2, 0.25) is 5.02 Å². The van der Waals surface area contributed by atoms with Gasteiger partial charge in [-0.2, -0.15) is 0 Å². The summed E-state index contributed by atoms with van der Waals surface area (Å²) in [4.78, 5) is 10.6. The Bertz CT molecular complexity index is 603. The Hall–Kier alpha value is -1.20. The van der Waals surface area contributed by atoms with E-state index in [9.17, 15) is 9.90 Å². The summed E-state index contributed by atoms with van der Waals surface area (Å²) in [5.41, 5.74) is 8.34. The van der Waals surface area contributed by atoms with Crippen LogP contribution >= 0.6 is 11.6 Å². The summed E-state index contributed by atoms with van der Waals surface area (Å²) >= 11 is 5.80. The van der Waals surface area contributed by atoms with Crippen molar-refractivity contribution in [3.05, 3.63) is 53.1 Å². The van der Waals surface area contributed by atoms with Gasteiger partial charge in [0.15, 0.2) is 0 Å². The molecule has 0 radical (unpaired) electrons. The van der Waals surface area contributed by atoms with Crippen LogP contribution in [0.4, 0.5) is 17.1 Å². The molecule has 98 valence electrons. The third-order valence-electron chi connectivity index (χ3n) is 2.65. The van der Waals surface area contributed by atoms with Crippen LogP contribution in [0.15, 0.2) is 42.5 Å². The van der Waals surface area contributed by atoms with Gasteiger partial charge in [-0.3, -0.25) is 0 Å². The van der Waals surface area contributed by atoms with Crippen LogP contribution in [0.5, 0.6) is 0 Å². The largest absolute Gasteiger partial charge is 1.00 e. The molecule has 0 aliphatic rings. The van der Waals surface area contributed by atoms with Crippen LogP contribution in [-0.4, -0.2) is 5.97 Å². The molecule has 0 aliphatic carbocycles. The molecule has 4 nitrogen and oxygen atoms in total. The Morgan fingerprint density at radius 1 is 1.20 bits per heavy atom. The van der Waals surface area contributed by atoms with E-state index in [0.29, 0.717) is 22.0 Å². The second-order valence-electron chi connectivity index (χ2n) is 4.06. The number of aliphatic carboxylic acids is 1. The maximum atomic E-state index is 10.6. The third kappa shape index (κ3) is 4.42. The van der Waals surface area contributed by atoms with Gasteiger partial charge >= 0.3 is 29.6 Å². The van der Waals surface area contributed by atoms with Gasteiger partial charge in [-0.1, -0.05) is 23.7 Å². The fourth-order valence-corrected chi connectivity index (χ4v) is 1.85. The molecule has 0 bridgehead atoms. The minimum atomic E-state index is -1.16. The Labute approximate surface area is 144 Å². The number of halogens is 1. The van der Waals surface area contributed by atoms with Crippen LogP contribution in [0.25, 0.3) is 0 Å². The number of para-hydroxylation sites is 1. The molecule has 0 aliphatic heterocycles. The maximum Gasteiger partial charge on any atom is 1.00 e. The van der Waals surface area contributed by atoms with E-state index >= 15 is 0 Å². The molecular formula is C14H12ClN2NaO2. The third-order valence-corrected chi connectivity index (χ3v) is 2.91. The molecule has 3 N–H and O–H groups in total. The van der Waals surface area contributed by atoms with Crippen molar-refractivity contribution >= 4 is 34.6 Å². The molecule has 20 heavy (non-hydrogen) atoms. The number of anilines is 3. The molecule has 0 saturated carbocycles. The minimum Gasteiger partial charge on any atom is -0.550 e. The average molecular weight is 299 g/mol. The molecule has 0 amide bonds. The number of nitrogens with two attached hydrogens (primary N) is 1. The van der Waals surface area contributed by atoms with Gasteiger partial charge in [-0.15, -0.1) is 0 Å². The van der Waals surface area contributed by atoms with Crippen molar-refractivity contribution in [1.29, 1.82) is 0 Å². The zero-order valence-corrected chi connectivity index (χ0v) is 13.8. The Kier molecular flexibility index (Phi) is 6.36.